The third kappa shape index (κ3) is 3.17. The number of aryl methyl sites for hydroxylation is 2. The van der Waals surface area contributed by atoms with Gasteiger partial charge in [-0.05, 0) is 48.7 Å². The number of nitrogens with one attached hydrogen (secondary N) is 1. The van der Waals surface area contributed by atoms with E-state index in [2.05, 4.69) is 0 Å². The van der Waals surface area contributed by atoms with Crippen molar-refractivity contribution in [2.45, 2.75) is 13.8 Å². The molecule has 0 aliphatic rings. The molecule has 0 atom stereocenters. The van der Waals surface area contributed by atoms with E-state index in [-0.39, 0.29) is 11.7 Å². The molecule has 3 rings (SSSR count). The highest BCUT2D eigenvalue weighted by molar-refractivity contribution is 6.00. The zero-order valence-corrected chi connectivity index (χ0v) is 14.1. The molecule has 0 spiro atoms. The van der Waals surface area contributed by atoms with Crippen molar-refractivity contribution in [2.75, 3.05) is 0 Å². The maximum absolute atomic E-state index is 9.40. The fraction of sp³-hybridized carbons (Fsp3) is 0.100. The van der Waals surface area contributed by atoms with Crippen LogP contribution < -0.4 is 11.5 Å². The van der Waals surface area contributed by atoms with E-state index in [0.29, 0.717) is 11.1 Å². The molecule has 0 saturated carbocycles. The molecule has 2 aromatic carbocycles. The molecular formula is C20H19N4O-. The van der Waals surface area contributed by atoms with Gasteiger partial charge < -0.3 is 21.3 Å². The Morgan fingerprint density at radius 3 is 1.76 bits per heavy atom. The average Bonchev–Trinajstić information content (AvgIpc) is 3.03. The molecule has 1 aromatic heterocycles. The van der Waals surface area contributed by atoms with Crippen LogP contribution in [-0.2, 0) is 0 Å². The monoisotopic (exact) mass is 331 g/mol. The van der Waals surface area contributed by atoms with Crippen molar-refractivity contribution < 1.29 is 4.42 Å². The number of nitrogens with two attached hydrogens (primary N) is 2. The Hall–Kier alpha value is -3.34. The predicted molar refractivity (Wildman–Crippen MR) is 102 cm³/mol. The molecule has 5 heteroatoms. The van der Waals surface area contributed by atoms with Crippen molar-refractivity contribution >= 4 is 11.7 Å². The topological polar surface area (TPSA) is 111 Å². The third-order valence-electron chi connectivity index (χ3n) is 4.20. The van der Waals surface area contributed by atoms with Crippen molar-refractivity contribution in [1.82, 2.24) is 0 Å². The Kier molecular flexibility index (Phi) is 4.15. The van der Waals surface area contributed by atoms with Gasteiger partial charge in [-0.25, -0.2) is 0 Å². The Morgan fingerprint density at radius 2 is 1.32 bits per heavy atom. The van der Waals surface area contributed by atoms with Crippen LogP contribution in [-0.4, -0.2) is 11.7 Å². The molecule has 3 aromatic rings. The number of rotatable bonds is 4. The highest BCUT2D eigenvalue weighted by atomic mass is 16.3. The summed E-state index contributed by atoms with van der Waals surface area (Å²) in [6.07, 6.45) is 0. The van der Waals surface area contributed by atoms with Crippen molar-refractivity contribution in [2.24, 2.45) is 11.5 Å². The van der Waals surface area contributed by atoms with Crippen molar-refractivity contribution in [3.8, 4) is 22.6 Å². The standard InChI is InChI=1S/C20H19N4O/c1-11-9-13(19(21)22)3-5-15(11)17-7-8-18(25-17)16-6-4-14(20(23)24)10-12(16)2/h3-10H,1-2H3,(H5-,21,22,23,24)/q-1. The summed E-state index contributed by atoms with van der Waals surface area (Å²) in [6, 6.07) is 14.9. The zero-order valence-electron chi connectivity index (χ0n) is 14.1. The minimum atomic E-state index is -0.198. The highest BCUT2D eigenvalue weighted by Gasteiger charge is 2.12. The Balaban J connectivity index is 1.98. The SMILES string of the molecule is Cc1cc(C(=[N-])N)ccc1-c1ccc(-c2ccc(C(=N)N)cc2C)o1. The summed E-state index contributed by atoms with van der Waals surface area (Å²) in [7, 11) is 0. The lowest BCUT2D eigenvalue weighted by Gasteiger charge is -2.09. The van der Waals surface area contributed by atoms with Gasteiger partial charge in [0.05, 0.1) is 0 Å². The highest BCUT2D eigenvalue weighted by Crippen LogP contribution is 2.32. The lowest BCUT2D eigenvalue weighted by atomic mass is 10.0. The molecule has 5 nitrogen and oxygen atoms in total. The lowest BCUT2D eigenvalue weighted by molar-refractivity contribution is 0.596. The molecule has 0 unspecified atom stereocenters. The van der Waals surface area contributed by atoms with E-state index >= 15 is 0 Å². The van der Waals surface area contributed by atoms with Crippen LogP contribution in [0.3, 0.4) is 0 Å². The largest absolute Gasteiger partial charge is 0.494 e. The normalized spacial score (nSPS) is 10.6. The fourth-order valence-electron chi connectivity index (χ4n) is 2.83. The quantitative estimate of drug-likeness (QED) is 0.499. The van der Waals surface area contributed by atoms with Gasteiger partial charge in [-0.1, -0.05) is 36.2 Å². The molecule has 0 fully saturated rings. The Bertz CT molecular complexity index is 907. The van der Waals surface area contributed by atoms with E-state index in [1.807, 2.05) is 56.3 Å². The first-order chi connectivity index (χ1) is 11.9. The van der Waals surface area contributed by atoms with Crippen molar-refractivity contribution in [3.05, 3.63) is 76.2 Å². The van der Waals surface area contributed by atoms with E-state index < -0.39 is 0 Å². The van der Waals surface area contributed by atoms with Crippen LogP contribution in [0.5, 0.6) is 0 Å². The molecule has 1 heterocycles. The number of nitrogen functional groups attached to an aromatic ring is 1. The second kappa shape index (κ2) is 6.28. The maximum Gasteiger partial charge on any atom is 0.135 e. The molecular weight excluding hydrogens is 312 g/mol. The van der Waals surface area contributed by atoms with Crippen LogP contribution in [0, 0.1) is 19.3 Å². The van der Waals surface area contributed by atoms with Gasteiger partial charge in [-0.3, -0.25) is 5.41 Å². The number of nitrogens with zero attached hydrogens (tertiary/aromatic N) is 1. The summed E-state index contributed by atoms with van der Waals surface area (Å²) >= 11 is 0. The summed E-state index contributed by atoms with van der Waals surface area (Å²) in [6.45, 7) is 3.90. The molecule has 0 saturated heterocycles. The van der Waals surface area contributed by atoms with Gasteiger partial charge >= 0.3 is 0 Å². The van der Waals surface area contributed by atoms with Crippen LogP contribution in [0.15, 0.2) is 52.9 Å². The number of hydrogen-bond donors (Lipinski definition) is 3. The number of hydrogen-bond acceptors (Lipinski definition) is 2. The summed E-state index contributed by atoms with van der Waals surface area (Å²) in [5.41, 5.74) is 16.1. The summed E-state index contributed by atoms with van der Waals surface area (Å²) < 4.78 is 6.03. The molecule has 25 heavy (non-hydrogen) atoms. The van der Waals surface area contributed by atoms with Crippen molar-refractivity contribution in [3.63, 3.8) is 0 Å². The summed E-state index contributed by atoms with van der Waals surface area (Å²) in [5, 5.41) is 16.9. The molecule has 5 N–H and O–H groups in total. The summed E-state index contributed by atoms with van der Waals surface area (Å²) in [4.78, 5) is 0. The molecule has 0 amide bonds. The van der Waals surface area contributed by atoms with E-state index in [9.17, 15) is 5.41 Å². The molecule has 0 bridgehead atoms. The zero-order chi connectivity index (χ0) is 18.1. The van der Waals surface area contributed by atoms with E-state index in [1.54, 1.807) is 6.07 Å². The molecule has 0 aliphatic carbocycles. The third-order valence-corrected chi connectivity index (χ3v) is 4.20. The van der Waals surface area contributed by atoms with Gasteiger partial charge in [-0.15, -0.1) is 0 Å². The number of furan rings is 1. The maximum atomic E-state index is 9.40. The van der Waals surface area contributed by atoms with Crippen LogP contribution in [0.4, 0.5) is 0 Å². The van der Waals surface area contributed by atoms with Gasteiger partial charge in [0.15, 0.2) is 0 Å². The van der Waals surface area contributed by atoms with E-state index in [0.717, 1.165) is 33.8 Å². The lowest BCUT2D eigenvalue weighted by Crippen LogP contribution is -2.11. The fourth-order valence-corrected chi connectivity index (χ4v) is 2.83. The van der Waals surface area contributed by atoms with E-state index in [1.165, 1.54) is 0 Å². The van der Waals surface area contributed by atoms with Crippen LogP contribution in [0.25, 0.3) is 28.1 Å². The van der Waals surface area contributed by atoms with Gasteiger partial charge in [0.1, 0.15) is 17.4 Å². The first kappa shape index (κ1) is 16.5. The van der Waals surface area contributed by atoms with Gasteiger partial charge in [0, 0.05) is 16.7 Å². The molecule has 126 valence electrons. The predicted octanol–water partition coefficient (Wildman–Crippen LogP) is 3.79. The Labute approximate surface area is 146 Å². The van der Waals surface area contributed by atoms with Crippen molar-refractivity contribution in [1.29, 1.82) is 5.41 Å². The minimum absolute atomic E-state index is 0.0467. The second-order valence-electron chi connectivity index (χ2n) is 6.02. The van der Waals surface area contributed by atoms with Crippen LogP contribution >= 0.6 is 0 Å². The minimum Gasteiger partial charge on any atom is -0.494 e. The van der Waals surface area contributed by atoms with E-state index in [4.69, 9.17) is 21.3 Å². The first-order valence-electron chi connectivity index (χ1n) is 7.85. The number of benzene rings is 2. The van der Waals surface area contributed by atoms with Gasteiger partial charge in [-0.2, -0.15) is 0 Å². The Morgan fingerprint density at radius 1 is 0.840 bits per heavy atom. The van der Waals surface area contributed by atoms with Crippen LogP contribution in [0.1, 0.15) is 22.3 Å². The molecule has 0 aliphatic heterocycles. The number of amidine groups is 2. The average molecular weight is 331 g/mol. The molecule has 0 radical (unpaired) electrons. The first-order valence-corrected chi connectivity index (χ1v) is 7.85. The smallest absolute Gasteiger partial charge is 0.135 e. The summed E-state index contributed by atoms with van der Waals surface area (Å²) in [5.74, 6) is 1.34. The second-order valence-corrected chi connectivity index (χ2v) is 6.02. The van der Waals surface area contributed by atoms with Gasteiger partial charge in [0.25, 0.3) is 0 Å². The van der Waals surface area contributed by atoms with Crippen LogP contribution in [0.2, 0.25) is 0 Å². The van der Waals surface area contributed by atoms with Gasteiger partial charge in [0.2, 0.25) is 0 Å².